The number of carbonyl (C=O) groups excluding carboxylic acids is 2. The lowest BCUT2D eigenvalue weighted by molar-refractivity contribution is -0.118. The molecule has 0 fully saturated rings. The Balaban J connectivity index is 1.75. The molecule has 0 saturated heterocycles. The zero-order valence-electron chi connectivity index (χ0n) is 15.4. The van der Waals surface area contributed by atoms with Crippen molar-refractivity contribution in [1.82, 2.24) is 0 Å². The molecular weight excluding hydrogens is 350 g/mol. The fraction of sp³-hybridized carbons (Fsp3) is 0.333. The van der Waals surface area contributed by atoms with Crippen molar-refractivity contribution in [2.24, 2.45) is 0 Å². The van der Waals surface area contributed by atoms with E-state index in [1.54, 1.807) is 12.1 Å². The summed E-state index contributed by atoms with van der Waals surface area (Å²) in [4.78, 5) is 24.6. The Morgan fingerprint density at radius 3 is 2.65 bits per heavy atom. The van der Waals surface area contributed by atoms with Crippen molar-refractivity contribution in [3.63, 3.8) is 0 Å². The van der Waals surface area contributed by atoms with E-state index >= 15 is 0 Å². The molecule has 0 bridgehead atoms. The first-order chi connectivity index (χ1) is 12.3. The molecule has 1 amide bonds. The lowest BCUT2D eigenvalue weighted by atomic mass is 9.97. The summed E-state index contributed by atoms with van der Waals surface area (Å²) in [6.45, 7) is 7.69. The van der Waals surface area contributed by atoms with Gasteiger partial charge in [-0.2, -0.15) is 0 Å². The zero-order valence-corrected chi connectivity index (χ0v) is 16.2. The summed E-state index contributed by atoms with van der Waals surface area (Å²) in [5.41, 5.74) is 5.25. The fourth-order valence-corrected chi connectivity index (χ4v) is 3.99. The first-order valence-corrected chi connectivity index (χ1v) is 9.01. The number of fused-ring (bicyclic) bond motifs is 1. The van der Waals surface area contributed by atoms with Crippen LogP contribution in [0.5, 0.6) is 5.75 Å². The number of halogens is 1. The van der Waals surface area contributed by atoms with E-state index in [0.29, 0.717) is 28.4 Å². The SMILES string of the molecule is Cc1cc(C)c(NC(=O)COc2ccc(C)c3c2C(=O)CC3C)c(Cl)c1. The highest BCUT2D eigenvalue weighted by molar-refractivity contribution is 6.34. The van der Waals surface area contributed by atoms with E-state index < -0.39 is 0 Å². The Labute approximate surface area is 158 Å². The summed E-state index contributed by atoms with van der Waals surface area (Å²) in [5.74, 6) is 0.418. The third kappa shape index (κ3) is 3.47. The maximum Gasteiger partial charge on any atom is 0.262 e. The van der Waals surface area contributed by atoms with Crippen LogP contribution in [0.15, 0.2) is 24.3 Å². The molecule has 0 spiro atoms. The highest BCUT2D eigenvalue weighted by atomic mass is 35.5. The number of hydrogen-bond donors (Lipinski definition) is 1. The Morgan fingerprint density at radius 1 is 1.23 bits per heavy atom. The van der Waals surface area contributed by atoms with E-state index in [4.69, 9.17) is 16.3 Å². The van der Waals surface area contributed by atoms with E-state index in [0.717, 1.165) is 22.3 Å². The molecule has 0 aromatic heterocycles. The van der Waals surface area contributed by atoms with E-state index in [2.05, 4.69) is 5.32 Å². The standard InChI is InChI=1S/C21H22ClNO3/c1-11-7-14(4)21(15(22)8-11)23-18(25)10-26-17-6-5-12(2)19-13(3)9-16(24)20(17)19/h5-8,13H,9-10H2,1-4H3,(H,23,25). The summed E-state index contributed by atoms with van der Waals surface area (Å²) < 4.78 is 5.68. The molecule has 136 valence electrons. The minimum atomic E-state index is -0.313. The zero-order chi connectivity index (χ0) is 19.0. The highest BCUT2D eigenvalue weighted by Crippen LogP contribution is 2.40. The predicted molar refractivity (Wildman–Crippen MR) is 104 cm³/mol. The van der Waals surface area contributed by atoms with Gasteiger partial charge < -0.3 is 10.1 Å². The average Bonchev–Trinajstić information content (AvgIpc) is 2.86. The van der Waals surface area contributed by atoms with E-state index in [9.17, 15) is 9.59 Å². The number of aryl methyl sites for hydroxylation is 3. The molecule has 1 aliphatic carbocycles. The number of rotatable bonds is 4. The molecule has 1 unspecified atom stereocenters. The van der Waals surface area contributed by atoms with Gasteiger partial charge in [0, 0.05) is 6.42 Å². The van der Waals surface area contributed by atoms with Gasteiger partial charge in [0.15, 0.2) is 12.4 Å². The molecule has 2 aromatic rings. The van der Waals surface area contributed by atoms with Crippen molar-refractivity contribution in [1.29, 1.82) is 0 Å². The second-order valence-electron chi connectivity index (χ2n) is 6.97. The quantitative estimate of drug-likeness (QED) is 0.825. The Bertz CT molecular complexity index is 881. The monoisotopic (exact) mass is 371 g/mol. The van der Waals surface area contributed by atoms with Gasteiger partial charge in [-0.25, -0.2) is 0 Å². The van der Waals surface area contributed by atoms with Crippen LogP contribution in [0.25, 0.3) is 0 Å². The average molecular weight is 372 g/mol. The highest BCUT2D eigenvalue weighted by Gasteiger charge is 2.31. The Kier molecular flexibility index (Phi) is 5.05. The van der Waals surface area contributed by atoms with Crippen LogP contribution in [-0.4, -0.2) is 18.3 Å². The van der Waals surface area contributed by atoms with Crippen molar-refractivity contribution in [2.45, 2.75) is 40.0 Å². The van der Waals surface area contributed by atoms with Crippen molar-refractivity contribution in [3.8, 4) is 5.75 Å². The molecule has 4 nitrogen and oxygen atoms in total. The van der Waals surface area contributed by atoms with Crippen molar-refractivity contribution in [2.75, 3.05) is 11.9 Å². The number of carbonyl (C=O) groups is 2. The van der Waals surface area contributed by atoms with Crippen molar-refractivity contribution in [3.05, 3.63) is 57.1 Å². The fourth-order valence-electron chi connectivity index (χ4n) is 3.62. The number of nitrogens with one attached hydrogen (secondary N) is 1. The lowest BCUT2D eigenvalue weighted by Crippen LogP contribution is -2.21. The number of benzene rings is 2. The molecule has 3 rings (SSSR count). The molecule has 0 heterocycles. The first-order valence-electron chi connectivity index (χ1n) is 8.64. The lowest BCUT2D eigenvalue weighted by Gasteiger charge is -2.14. The molecule has 1 atom stereocenters. The van der Waals surface area contributed by atoms with Gasteiger partial charge in [0.2, 0.25) is 0 Å². The largest absolute Gasteiger partial charge is 0.483 e. The maximum absolute atomic E-state index is 12.3. The number of ketones is 1. The summed E-state index contributed by atoms with van der Waals surface area (Å²) in [5, 5.41) is 3.29. The van der Waals surface area contributed by atoms with Gasteiger partial charge >= 0.3 is 0 Å². The summed E-state index contributed by atoms with van der Waals surface area (Å²) in [6, 6.07) is 7.46. The second kappa shape index (κ2) is 7.12. The third-order valence-corrected chi connectivity index (χ3v) is 5.04. The van der Waals surface area contributed by atoms with Crippen LogP contribution in [0.3, 0.4) is 0 Å². The summed E-state index contributed by atoms with van der Waals surface area (Å²) in [7, 11) is 0. The van der Waals surface area contributed by atoms with Gasteiger partial charge in [-0.1, -0.05) is 30.7 Å². The van der Waals surface area contributed by atoms with Crippen LogP contribution in [0.4, 0.5) is 5.69 Å². The van der Waals surface area contributed by atoms with E-state index in [-0.39, 0.29) is 24.2 Å². The Morgan fingerprint density at radius 2 is 1.96 bits per heavy atom. The number of hydrogen-bond acceptors (Lipinski definition) is 3. The normalized spacial score (nSPS) is 15.7. The number of anilines is 1. The van der Waals surface area contributed by atoms with E-state index in [1.807, 2.05) is 39.8 Å². The van der Waals surface area contributed by atoms with Gasteiger partial charge in [-0.15, -0.1) is 0 Å². The van der Waals surface area contributed by atoms with Crippen LogP contribution in [0.1, 0.15) is 51.9 Å². The van der Waals surface area contributed by atoms with Crippen molar-refractivity contribution < 1.29 is 14.3 Å². The summed E-state index contributed by atoms with van der Waals surface area (Å²) in [6.07, 6.45) is 0.487. The smallest absolute Gasteiger partial charge is 0.262 e. The van der Waals surface area contributed by atoms with Gasteiger partial charge in [0.1, 0.15) is 5.75 Å². The summed E-state index contributed by atoms with van der Waals surface area (Å²) >= 11 is 6.23. The Hall–Kier alpha value is -2.33. The molecule has 0 saturated carbocycles. The molecule has 5 heteroatoms. The first kappa shape index (κ1) is 18.5. The van der Waals surface area contributed by atoms with Gasteiger partial charge in [0.05, 0.1) is 16.3 Å². The van der Waals surface area contributed by atoms with Crippen LogP contribution in [0, 0.1) is 20.8 Å². The molecule has 1 aliphatic rings. The van der Waals surface area contributed by atoms with Crippen LogP contribution in [0.2, 0.25) is 5.02 Å². The minimum Gasteiger partial charge on any atom is -0.483 e. The molecule has 0 radical (unpaired) electrons. The van der Waals surface area contributed by atoms with Crippen LogP contribution in [-0.2, 0) is 4.79 Å². The van der Waals surface area contributed by atoms with Crippen LogP contribution >= 0.6 is 11.6 Å². The third-order valence-electron chi connectivity index (χ3n) is 4.74. The van der Waals surface area contributed by atoms with Crippen molar-refractivity contribution >= 4 is 29.0 Å². The minimum absolute atomic E-state index is 0.0732. The van der Waals surface area contributed by atoms with E-state index in [1.165, 1.54) is 0 Å². The maximum atomic E-state index is 12.3. The number of amides is 1. The number of Topliss-reactive ketones (excluding diaryl/α,β-unsaturated/α-hetero) is 1. The predicted octanol–water partition coefficient (Wildman–Crippen LogP) is 4.97. The molecule has 2 aromatic carbocycles. The van der Waals surface area contributed by atoms with Gasteiger partial charge in [-0.05, 0) is 61.1 Å². The number of ether oxygens (including phenoxy) is 1. The topological polar surface area (TPSA) is 55.4 Å². The molecule has 26 heavy (non-hydrogen) atoms. The van der Waals surface area contributed by atoms with Crippen LogP contribution < -0.4 is 10.1 Å². The molecule has 0 aliphatic heterocycles. The second-order valence-corrected chi connectivity index (χ2v) is 7.38. The van der Waals surface area contributed by atoms with Gasteiger partial charge in [-0.3, -0.25) is 9.59 Å². The molecule has 1 N–H and O–H groups in total. The molecular formula is C21H22ClNO3. The van der Waals surface area contributed by atoms with Gasteiger partial charge in [0.25, 0.3) is 5.91 Å².